The maximum Gasteiger partial charge on any atom is -0.00393 e. The van der Waals surface area contributed by atoms with E-state index in [1.807, 2.05) is 11.8 Å². The van der Waals surface area contributed by atoms with E-state index in [1.165, 1.54) is 25.0 Å². The van der Waals surface area contributed by atoms with E-state index in [-0.39, 0.29) is 0 Å². The van der Waals surface area contributed by atoms with E-state index < -0.39 is 0 Å². The van der Waals surface area contributed by atoms with Crippen molar-refractivity contribution in [1.29, 1.82) is 0 Å². The van der Waals surface area contributed by atoms with Crippen LogP contribution < -0.4 is 0 Å². The van der Waals surface area contributed by atoms with Crippen LogP contribution in [0.15, 0.2) is 0 Å². The molecule has 0 N–H and O–H groups in total. The molecule has 0 nitrogen and oxygen atoms in total. The Hall–Kier alpha value is 0.350. The Balaban J connectivity index is 2.34. The fourth-order valence-electron chi connectivity index (χ4n) is 2.10. The van der Waals surface area contributed by atoms with Crippen molar-refractivity contribution in [2.75, 3.05) is 12.0 Å². The number of rotatable bonds is 2. The summed E-state index contributed by atoms with van der Waals surface area (Å²) in [6.07, 6.45) is 6.63. The van der Waals surface area contributed by atoms with Gasteiger partial charge in [-0.15, -0.1) is 0 Å². The van der Waals surface area contributed by atoms with Crippen molar-refractivity contribution in [2.24, 2.45) is 17.8 Å². The van der Waals surface area contributed by atoms with Crippen LogP contribution in [0.4, 0.5) is 0 Å². The second-order valence-electron chi connectivity index (χ2n) is 4.11. The van der Waals surface area contributed by atoms with Gasteiger partial charge in [-0.3, -0.25) is 0 Å². The zero-order chi connectivity index (χ0) is 8.27. The molecule has 1 saturated carbocycles. The number of hydrogen-bond acceptors (Lipinski definition) is 1. The fourth-order valence-corrected chi connectivity index (χ4v) is 2.99. The average Bonchev–Trinajstić information content (AvgIpc) is 1.98. The summed E-state index contributed by atoms with van der Waals surface area (Å²) in [5.41, 5.74) is 0. The average molecular weight is 172 g/mol. The second kappa shape index (κ2) is 4.39. The fraction of sp³-hybridized carbons (Fsp3) is 1.00. The molecule has 66 valence electrons. The molecule has 1 rings (SSSR count). The molecule has 11 heavy (non-hydrogen) atoms. The van der Waals surface area contributed by atoms with Gasteiger partial charge in [0, 0.05) is 0 Å². The predicted octanol–water partition coefficient (Wildman–Crippen LogP) is 3.42. The van der Waals surface area contributed by atoms with Crippen LogP contribution in [0.25, 0.3) is 0 Å². The van der Waals surface area contributed by atoms with Crippen LogP contribution in [0.1, 0.15) is 33.1 Å². The third-order valence-electron chi connectivity index (χ3n) is 3.01. The zero-order valence-corrected chi connectivity index (χ0v) is 8.79. The van der Waals surface area contributed by atoms with Gasteiger partial charge in [-0.05, 0) is 36.2 Å². The van der Waals surface area contributed by atoms with Crippen LogP contribution in [0.2, 0.25) is 0 Å². The minimum atomic E-state index is 0.985. The summed E-state index contributed by atoms with van der Waals surface area (Å²) < 4.78 is 0. The van der Waals surface area contributed by atoms with Crippen molar-refractivity contribution >= 4 is 11.8 Å². The zero-order valence-electron chi connectivity index (χ0n) is 7.97. The minimum Gasteiger partial charge on any atom is -0.165 e. The summed E-state index contributed by atoms with van der Waals surface area (Å²) in [6, 6.07) is 0. The van der Waals surface area contributed by atoms with E-state index in [4.69, 9.17) is 0 Å². The first-order valence-corrected chi connectivity index (χ1v) is 6.12. The summed E-state index contributed by atoms with van der Waals surface area (Å²) in [5.74, 6) is 4.36. The quantitative estimate of drug-likeness (QED) is 0.615. The molecular weight excluding hydrogens is 152 g/mol. The molecular formula is C10H20S. The van der Waals surface area contributed by atoms with Gasteiger partial charge in [0.15, 0.2) is 0 Å². The van der Waals surface area contributed by atoms with Gasteiger partial charge < -0.3 is 0 Å². The Morgan fingerprint density at radius 1 is 1.27 bits per heavy atom. The third-order valence-corrected chi connectivity index (χ3v) is 3.77. The summed E-state index contributed by atoms with van der Waals surface area (Å²) in [6.45, 7) is 4.83. The minimum absolute atomic E-state index is 0.985. The molecule has 3 unspecified atom stereocenters. The van der Waals surface area contributed by atoms with Crippen LogP contribution in [0, 0.1) is 17.8 Å². The lowest BCUT2D eigenvalue weighted by molar-refractivity contribution is 0.224. The van der Waals surface area contributed by atoms with E-state index in [0.717, 1.165) is 17.8 Å². The molecule has 0 aromatic carbocycles. The van der Waals surface area contributed by atoms with Crippen LogP contribution >= 0.6 is 11.8 Å². The molecule has 0 aromatic heterocycles. The van der Waals surface area contributed by atoms with Crippen LogP contribution in [-0.2, 0) is 0 Å². The van der Waals surface area contributed by atoms with Crippen LogP contribution in [0.5, 0.6) is 0 Å². The van der Waals surface area contributed by atoms with Crippen molar-refractivity contribution in [1.82, 2.24) is 0 Å². The summed E-state index contributed by atoms with van der Waals surface area (Å²) in [5, 5.41) is 0. The lowest BCUT2D eigenvalue weighted by atomic mass is 9.76. The Morgan fingerprint density at radius 2 is 2.00 bits per heavy atom. The highest BCUT2D eigenvalue weighted by atomic mass is 32.2. The molecule has 0 aliphatic heterocycles. The van der Waals surface area contributed by atoms with E-state index in [1.54, 1.807) is 0 Å². The Kier molecular flexibility index (Phi) is 3.77. The number of thioether (sulfide) groups is 1. The van der Waals surface area contributed by atoms with Crippen molar-refractivity contribution in [3.8, 4) is 0 Å². The SMILES string of the molecule is CSCC1CC(C)CCC1C. The van der Waals surface area contributed by atoms with Gasteiger partial charge in [-0.1, -0.05) is 26.7 Å². The van der Waals surface area contributed by atoms with Crippen molar-refractivity contribution < 1.29 is 0 Å². The molecule has 0 heterocycles. The highest BCUT2D eigenvalue weighted by molar-refractivity contribution is 7.98. The maximum atomic E-state index is 2.42. The van der Waals surface area contributed by atoms with Crippen LogP contribution in [-0.4, -0.2) is 12.0 Å². The van der Waals surface area contributed by atoms with Gasteiger partial charge in [0.25, 0.3) is 0 Å². The molecule has 3 atom stereocenters. The number of hydrogen-bond donors (Lipinski definition) is 0. The first kappa shape index (κ1) is 9.44. The Labute approximate surface area is 75.1 Å². The van der Waals surface area contributed by atoms with Gasteiger partial charge in [-0.25, -0.2) is 0 Å². The molecule has 1 heteroatoms. The van der Waals surface area contributed by atoms with Crippen molar-refractivity contribution in [2.45, 2.75) is 33.1 Å². The maximum absolute atomic E-state index is 2.42. The smallest absolute Gasteiger partial charge is 0.00393 e. The molecule has 0 spiro atoms. The molecule has 1 aliphatic carbocycles. The van der Waals surface area contributed by atoms with Crippen molar-refractivity contribution in [3.05, 3.63) is 0 Å². The third kappa shape index (κ3) is 2.70. The molecule has 0 saturated heterocycles. The highest BCUT2D eigenvalue weighted by Gasteiger charge is 2.24. The lowest BCUT2D eigenvalue weighted by Gasteiger charge is -2.32. The second-order valence-corrected chi connectivity index (χ2v) is 5.02. The topological polar surface area (TPSA) is 0 Å². The highest BCUT2D eigenvalue weighted by Crippen LogP contribution is 2.34. The summed E-state index contributed by atoms with van der Waals surface area (Å²) >= 11 is 2.01. The molecule has 0 aromatic rings. The first-order valence-electron chi connectivity index (χ1n) is 4.73. The predicted molar refractivity (Wildman–Crippen MR) is 54.1 cm³/mol. The molecule has 1 fully saturated rings. The first-order chi connectivity index (χ1) is 5.24. The van der Waals surface area contributed by atoms with Gasteiger partial charge in [0.05, 0.1) is 0 Å². The monoisotopic (exact) mass is 172 g/mol. The molecule has 1 aliphatic rings. The van der Waals surface area contributed by atoms with Gasteiger partial charge in [-0.2, -0.15) is 11.8 Å². The molecule has 0 radical (unpaired) electrons. The van der Waals surface area contributed by atoms with E-state index in [0.29, 0.717) is 0 Å². The van der Waals surface area contributed by atoms with Gasteiger partial charge in [0.1, 0.15) is 0 Å². The largest absolute Gasteiger partial charge is 0.165 e. The normalized spacial score (nSPS) is 39.0. The van der Waals surface area contributed by atoms with Gasteiger partial charge in [0.2, 0.25) is 0 Å². The Morgan fingerprint density at radius 3 is 2.64 bits per heavy atom. The summed E-state index contributed by atoms with van der Waals surface area (Å²) in [7, 11) is 0. The van der Waals surface area contributed by atoms with Crippen LogP contribution in [0.3, 0.4) is 0 Å². The van der Waals surface area contributed by atoms with E-state index in [2.05, 4.69) is 20.1 Å². The van der Waals surface area contributed by atoms with Gasteiger partial charge >= 0.3 is 0 Å². The summed E-state index contributed by atoms with van der Waals surface area (Å²) in [4.78, 5) is 0. The molecule has 0 amide bonds. The standard InChI is InChI=1S/C10H20S/c1-8-4-5-9(2)10(6-8)7-11-3/h8-10H,4-7H2,1-3H3. The molecule has 0 bridgehead atoms. The lowest BCUT2D eigenvalue weighted by Crippen LogP contribution is -2.23. The van der Waals surface area contributed by atoms with E-state index >= 15 is 0 Å². The van der Waals surface area contributed by atoms with E-state index in [9.17, 15) is 0 Å². The Bertz CT molecular complexity index is 111. The van der Waals surface area contributed by atoms with Crippen molar-refractivity contribution in [3.63, 3.8) is 0 Å².